The molecule has 2 heterocycles. The van der Waals surface area contributed by atoms with Crippen LogP contribution < -0.4 is 0 Å². The lowest BCUT2D eigenvalue weighted by atomic mass is 10.1. The zero-order valence-electron chi connectivity index (χ0n) is 11.9. The van der Waals surface area contributed by atoms with E-state index in [-0.39, 0.29) is 0 Å². The summed E-state index contributed by atoms with van der Waals surface area (Å²) in [5.74, 6) is 0. The molecule has 0 fully saturated rings. The van der Waals surface area contributed by atoms with Crippen LogP contribution in [0.2, 0.25) is 0 Å². The number of benzene rings is 3. The molecule has 5 rings (SSSR count). The number of hydrogen-bond donors (Lipinski definition) is 0. The fraction of sp³-hybridized carbons (Fsp3) is 0.100. The van der Waals surface area contributed by atoms with E-state index in [4.69, 9.17) is 0 Å². The van der Waals surface area contributed by atoms with Crippen LogP contribution in [0, 0.1) is 0 Å². The molecule has 0 amide bonds. The molecule has 0 radical (unpaired) electrons. The van der Waals surface area contributed by atoms with Crippen molar-refractivity contribution in [1.82, 2.24) is 4.40 Å². The Bertz CT molecular complexity index is 1110. The van der Waals surface area contributed by atoms with Gasteiger partial charge in [-0.15, -0.1) is 0 Å². The van der Waals surface area contributed by atoms with Gasteiger partial charge in [0, 0.05) is 21.5 Å². The van der Waals surface area contributed by atoms with Crippen LogP contribution in [0.5, 0.6) is 0 Å². The fourth-order valence-electron chi connectivity index (χ4n) is 3.70. The summed E-state index contributed by atoms with van der Waals surface area (Å²) in [6, 6.07) is 22.3. The van der Waals surface area contributed by atoms with Gasteiger partial charge in [-0.2, -0.15) is 0 Å². The minimum Gasteiger partial charge on any atom is -0.308 e. The van der Waals surface area contributed by atoms with Crippen LogP contribution in [-0.2, 0) is 6.42 Å². The molecule has 0 spiro atoms. The maximum atomic E-state index is 2.44. The quantitative estimate of drug-likeness (QED) is 0.384. The predicted molar refractivity (Wildman–Crippen MR) is 90.5 cm³/mol. The molecule has 0 saturated carbocycles. The van der Waals surface area contributed by atoms with Gasteiger partial charge in [0.25, 0.3) is 0 Å². The molecule has 5 aromatic rings. The van der Waals surface area contributed by atoms with E-state index in [2.05, 4.69) is 72.0 Å². The highest BCUT2D eigenvalue weighted by atomic mass is 14.9. The standard InChI is InChI=1S/C20H15N/c1-2-13-10-11-15-17-8-5-7-16-14-6-3-4-9-18(14)21(20(16)17)19(15)12-13/h3-12H,2H2,1H3. The van der Waals surface area contributed by atoms with Crippen LogP contribution in [0.15, 0.2) is 60.7 Å². The van der Waals surface area contributed by atoms with Gasteiger partial charge in [0.05, 0.1) is 16.6 Å². The predicted octanol–water partition coefficient (Wildman–Crippen LogP) is 5.40. The Hall–Kier alpha value is -2.54. The number of para-hydroxylation sites is 2. The summed E-state index contributed by atoms with van der Waals surface area (Å²) in [5, 5.41) is 5.43. The summed E-state index contributed by atoms with van der Waals surface area (Å²) in [7, 11) is 0. The van der Waals surface area contributed by atoms with Crippen molar-refractivity contribution < 1.29 is 0 Å². The van der Waals surface area contributed by atoms with Crippen LogP contribution in [0.1, 0.15) is 12.5 Å². The van der Waals surface area contributed by atoms with E-state index in [0.717, 1.165) is 6.42 Å². The van der Waals surface area contributed by atoms with Crippen LogP contribution in [0.4, 0.5) is 0 Å². The number of aryl methyl sites for hydroxylation is 1. The van der Waals surface area contributed by atoms with Gasteiger partial charge in [-0.3, -0.25) is 0 Å². The van der Waals surface area contributed by atoms with E-state index in [9.17, 15) is 0 Å². The number of aromatic nitrogens is 1. The highest BCUT2D eigenvalue weighted by Gasteiger charge is 2.16. The van der Waals surface area contributed by atoms with Crippen LogP contribution in [0.25, 0.3) is 38.1 Å². The second-order valence-electron chi connectivity index (χ2n) is 5.76. The molecule has 0 aliphatic rings. The Kier molecular flexibility index (Phi) is 2.00. The lowest BCUT2D eigenvalue weighted by Gasteiger charge is -2.00. The molecule has 1 heteroatoms. The number of hydrogen-bond acceptors (Lipinski definition) is 0. The lowest BCUT2D eigenvalue weighted by molar-refractivity contribution is 1.14. The minimum atomic E-state index is 1.08. The van der Waals surface area contributed by atoms with E-state index in [1.807, 2.05) is 0 Å². The molecule has 0 unspecified atom stereocenters. The van der Waals surface area contributed by atoms with Gasteiger partial charge in [-0.1, -0.05) is 55.5 Å². The van der Waals surface area contributed by atoms with E-state index in [1.165, 1.54) is 43.7 Å². The van der Waals surface area contributed by atoms with Crippen molar-refractivity contribution >= 4 is 38.1 Å². The number of fused-ring (bicyclic) bond motifs is 6. The Balaban J connectivity index is 2.19. The Labute approximate surface area is 122 Å². The molecule has 1 nitrogen and oxygen atoms in total. The van der Waals surface area contributed by atoms with Gasteiger partial charge in [0.2, 0.25) is 0 Å². The van der Waals surface area contributed by atoms with Gasteiger partial charge in [-0.05, 0) is 24.1 Å². The maximum Gasteiger partial charge on any atom is 0.0620 e. The monoisotopic (exact) mass is 269 g/mol. The van der Waals surface area contributed by atoms with Gasteiger partial charge in [0.15, 0.2) is 0 Å². The second kappa shape index (κ2) is 3.76. The van der Waals surface area contributed by atoms with Gasteiger partial charge in [-0.25, -0.2) is 0 Å². The zero-order valence-corrected chi connectivity index (χ0v) is 11.9. The molecule has 3 aromatic carbocycles. The molecular formula is C20H15N. The first-order chi connectivity index (χ1) is 10.4. The van der Waals surface area contributed by atoms with Crippen LogP contribution >= 0.6 is 0 Å². The normalized spacial score (nSPS) is 12.2. The van der Waals surface area contributed by atoms with Crippen molar-refractivity contribution in [3.8, 4) is 0 Å². The summed E-state index contributed by atoms with van der Waals surface area (Å²) in [6.45, 7) is 2.22. The van der Waals surface area contributed by atoms with Crippen molar-refractivity contribution in [3.05, 3.63) is 66.2 Å². The molecule has 2 aromatic heterocycles. The number of nitrogens with zero attached hydrogens (tertiary/aromatic N) is 1. The average Bonchev–Trinajstić information content (AvgIpc) is 3.06. The summed E-state index contributed by atoms with van der Waals surface area (Å²) in [4.78, 5) is 0. The largest absolute Gasteiger partial charge is 0.308 e. The van der Waals surface area contributed by atoms with Gasteiger partial charge >= 0.3 is 0 Å². The molecule has 0 aliphatic heterocycles. The van der Waals surface area contributed by atoms with E-state index >= 15 is 0 Å². The Morgan fingerprint density at radius 1 is 0.714 bits per heavy atom. The Morgan fingerprint density at radius 3 is 2.24 bits per heavy atom. The average molecular weight is 269 g/mol. The molecule has 0 bridgehead atoms. The summed E-state index contributed by atoms with van der Waals surface area (Å²) >= 11 is 0. The summed E-state index contributed by atoms with van der Waals surface area (Å²) < 4.78 is 2.44. The van der Waals surface area contributed by atoms with Gasteiger partial charge < -0.3 is 4.40 Å². The third-order valence-corrected chi connectivity index (χ3v) is 4.70. The Morgan fingerprint density at radius 2 is 1.43 bits per heavy atom. The molecule has 0 saturated heterocycles. The third-order valence-electron chi connectivity index (χ3n) is 4.70. The summed E-state index contributed by atoms with van der Waals surface area (Å²) in [5.41, 5.74) is 5.41. The molecule has 21 heavy (non-hydrogen) atoms. The molecule has 0 aliphatic carbocycles. The van der Waals surface area contributed by atoms with Crippen LogP contribution in [-0.4, -0.2) is 4.40 Å². The first-order valence-corrected chi connectivity index (χ1v) is 7.54. The highest BCUT2D eigenvalue weighted by Crippen LogP contribution is 2.38. The fourth-order valence-corrected chi connectivity index (χ4v) is 3.70. The third kappa shape index (κ3) is 1.26. The van der Waals surface area contributed by atoms with Crippen molar-refractivity contribution in [2.75, 3.05) is 0 Å². The smallest absolute Gasteiger partial charge is 0.0620 e. The first kappa shape index (κ1) is 11.2. The summed E-state index contributed by atoms with van der Waals surface area (Å²) in [6.07, 6.45) is 1.08. The lowest BCUT2D eigenvalue weighted by Crippen LogP contribution is -1.83. The van der Waals surface area contributed by atoms with Crippen molar-refractivity contribution in [2.45, 2.75) is 13.3 Å². The van der Waals surface area contributed by atoms with Crippen LogP contribution in [0.3, 0.4) is 0 Å². The van der Waals surface area contributed by atoms with E-state index in [1.54, 1.807) is 0 Å². The molecular weight excluding hydrogens is 254 g/mol. The van der Waals surface area contributed by atoms with E-state index < -0.39 is 0 Å². The molecule has 100 valence electrons. The zero-order chi connectivity index (χ0) is 14.0. The SMILES string of the molecule is CCc1ccc2c3cccc4c5ccccc5n(c2c1)c43. The first-order valence-electron chi connectivity index (χ1n) is 7.54. The van der Waals surface area contributed by atoms with Crippen molar-refractivity contribution in [3.63, 3.8) is 0 Å². The minimum absolute atomic E-state index is 1.08. The second-order valence-corrected chi connectivity index (χ2v) is 5.76. The molecule has 0 N–H and O–H groups in total. The topological polar surface area (TPSA) is 4.41 Å². The van der Waals surface area contributed by atoms with Gasteiger partial charge in [0.1, 0.15) is 0 Å². The van der Waals surface area contributed by atoms with E-state index in [0.29, 0.717) is 0 Å². The number of rotatable bonds is 1. The highest BCUT2D eigenvalue weighted by molar-refractivity contribution is 6.23. The maximum absolute atomic E-state index is 2.44. The van der Waals surface area contributed by atoms with Crippen molar-refractivity contribution in [1.29, 1.82) is 0 Å². The molecule has 0 atom stereocenters. The van der Waals surface area contributed by atoms with Crippen molar-refractivity contribution in [2.24, 2.45) is 0 Å².